The van der Waals surface area contributed by atoms with Gasteiger partial charge in [0.15, 0.2) is 5.65 Å². The van der Waals surface area contributed by atoms with E-state index in [-0.39, 0.29) is 6.61 Å². The number of piperidine rings is 1. The van der Waals surface area contributed by atoms with Gasteiger partial charge in [-0.2, -0.15) is 4.98 Å². The average Bonchev–Trinajstić information content (AvgIpc) is 3.21. The number of nitrogens with two attached hydrogens (primary N) is 1. The normalized spacial score (nSPS) is 15.5. The number of aliphatic hydroxyl groups is 1. The number of aromatic amines is 1. The maximum atomic E-state index is 10.8. The number of aliphatic hydroxyl groups excluding tert-OH is 1. The molecule has 1 aliphatic rings. The van der Waals surface area contributed by atoms with Gasteiger partial charge in [0.2, 0.25) is 5.95 Å². The predicted molar refractivity (Wildman–Crippen MR) is 114 cm³/mol. The summed E-state index contributed by atoms with van der Waals surface area (Å²) in [7, 11) is -0.719. The van der Waals surface area contributed by atoms with Gasteiger partial charge in [-0.1, -0.05) is 6.42 Å². The number of anilines is 2. The lowest BCUT2D eigenvalue weighted by Crippen LogP contribution is -2.30. The van der Waals surface area contributed by atoms with Crippen LogP contribution in [-0.2, 0) is 11.0 Å². The Bertz CT molecular complexity index is 958. The number of nitrogens with one attached hydrogen (secondary N) is 2. The highest BCUT2D eigenvalue weighted by molar-refractivity contribution is 7.81. The molecule has 3 aromatic rings. The van der Waals surface area contributed by atoms with Gasteiger partial charge in [0.25, 0.3) is 0 Å². The summed E-state index contributed by atoms with van der Waals surface area (Å²) in [6.07, 6.45) is 10.5. The van der Waals surface area contributed by atoms with Gasteiger partial charge in [0.05, 0.1) is 35.0 Å². The van der Waals surface area contributed by atoms with Crippen molar-refractivity contribution < 1.29 is 9.32 Å². The summed E-state index contributed by atoms with van der Waals surface area (Å²) in [6, 6.07) is 1.83. The second kappa shape index (κ2) is 10.2. The van der Waals surface area contributed by atoms with Gasteiger partial charge < -0.3 is 21.1 Å². The fourth-order valence-electron chi connectivity index (χ4n) is 2.93. The molecule has 1 fully saturated rings. The van der Waals surface area contributed by atoms with Crippen molar-refractivity contribution in [3.8, 4) is 11.3 Å². The molecule has 10 nitrogen and oxygen atoms in total. The van der Waals surface area contributed by atoms with Crippen molar-refractivity contribution in [2.24, 2.45) is 0 Å². The second-order valence-electron chi connectivity index (χ2n) is 6.52. The predicted octanol–water partition coefficient (Wildman–Crippen LogP) is 1.17. The van der Waals surface area contributed by atoms with Crippen LogP contribution in [0.25, 0.3) is 22.4 Å². The molecule has 0 aliphatic carbocycles. The van der Waals surface area contributed by atoms with E-state index in [0.29, 0.717) is 29.6 Å². The van der Waals surface area contributed by atoms with Crippen molar-refractivity contribution >= 4 is 33.9 Å². The number of rotatable bonds is 5. The van der Waals surface area contributed by atoms with E-state index < -0.39 is 11.0 Å². The number of nitrogen functional groups attached to an aromatic ring is 1. The summed E-state index contributed by atoms with van der Waals surface area (Å²) in [5.74, 6) is 0.681. The van der Waals surface area contributed by atoms with Crippen molar-refractivity contribution in [2.75, 3.05) is 43.5 Å². The van der Waals surface area contributed by atoms with E-state index in [9.17, 15) is 4.21 Å². The number of H-pyrrole nitrogens is 1. The van der Waals surface area contributed by atoms with Crippen LogP contribution < -0.4 is 11.1 Å². The van der Waals surface area contributed by atoms with Crippen molar-refractivity contribution in [1.82, 2.24) is 29.2 Å². The summed E-state index contributed by atoms with van der Waals surface area (Å²) in [5.41, 5.74) is 8.62. The Labute approximate surface area is 171 Å². The van der Waals surface area contributed by atoms with Crippen LogP contribution in [0, 0.1) is 0 Å². The highest BCUT2D eigenvalue weighted by Crippen LogP contribution is 2.23. The third-order valence-electron chi connectivity index (χ3n) is 4.43. The SMILES string of the molecule is CS(=O)N1CCCCC1.Nc1nc(NCCO)ncc1-c1cnc2[nH]ccc2n1. The molecule has 29 heavy (non-hydrogen) atoms. The summed E-state index contributed by atoms with van der Waals surface area (Å²) in [5, 5.41) is 11.6. The van der Waals surface area contributed by atoms with E-state index in [2.05, 4.69) is 30.2 Å². The molecule has 4 heterocycles. The van der Waals surface area contributed by atoms with Gasteiger partial charge in [-0.25, -0.2) is 23.5 Å². The minimum Gasteiger partial charge on any atom is -0.395 e. The second-order valence-corrected chi connectivity index (χ2v) is 7.89. The van der Waals surface area contributed by atoms with Crippen LogP contribution >= 0.6 is 0 Å². The van der Waals surface area contributed by atoms with Gasteiger partial charge in [-0.05, 0) is 18.9 Å². The first-order chi connectivity index (χ1) is 14.1. The van der Waals surface area contributed by atoms with Gasteiger partial charge >= 0.3 is 0 Å². The number of fused-ring (bicyclic) bond motifs is 1. The number of hydrogen-bond acceptors (Lipinski definition) is 8. The van der Waals surface area contributed by atoms with Crippen LogP contribution in [0.2, 0.25) is 0 Å². The van der Waals surface area contributed by atoms with Gasteiger partial charge in [0.1, 0.15) is 11.3 Å². The van der Waals surface area contributed by atoms with E-state index in [4.69, 9.17) is 10.8 Å². The summed E-state index contributed by atoms with van der Waals surface area (Å²) >= 11 is 0. The molecule has 1 saturated heterocycles. The maximum Gasteiger partial charge on any atom is 0.224 e. The van der Waals surface area contributed by atoms with Crippen LogP contribution in [0.4, 0.5) is 11.8 Å². The van der Waals surface area contributed by atoms with E-state index in [0.717, 1.165) is 24.3 Å². The van der Waals surface area contributed by atoms with E-state index >= 15 is 0 Å². The molecule has 0 aromatic carbocycles. The van der Waals surface area contributed by atoms with Crippen LogP contribution in [0.1, 0.15) is 19.3 Å². The first-order valence-electron chi connectivity index (χ1n) is 9.44. The van der Waals surface area contributed by atoms with Gasteiger partial charge in [-0.3, -0.25) is 0 Å². The first-order valence-corrected chi connectivity index (χ1v) is 11.0. The fourth-order valence-corrected chi connectivity index (χ4v) is 3.70. The highest BCUT2D eigenvalue weighted by Gasteiger charge is 2.12. The molecule has 0 bridgehead atoms. The Morgan fingerprint density at radius 2 is 2.03 bits per heavy atom. The van der Waals surface area contributed by atoms with Crippen LogP contribution in [-0.4, -0.2) is 71.0 Å². The molecule has 1 atom stereocenters. The quantitative estimate of drug-likeness (QED) is 0.483. The third kappa shape index (κ3) is 5.68. The maximum absolute atomic E-state index is 10.8. The van der Waals surface area contributed by atoms with Crippen LogP contribution in [0.15, 0.2) is 24.7 Å². The Balaban J connectivity index is 0.000000224. The monoisotopic (exact) mass is 418 g/mol. The van der Waals surface area contributed by atoms with Crippen molar-refractivity contribution in [3.63, 3.8) is 0 Å². The topological polar surface area (TPSA) is 146 Å². The van der Waals surface area contributed by atoms with E-state index in [1.165, 1.54) is 19.3 Å². The molecular formula is C18H26N8O2S. The lowest BCUT2D eigenvalue weighted by molar-refractivity contribution is 0.311. The number of aromatic nitrogens is 5. The minimum absolute atomic E-state index is 0.000643. The lowest BCUT2D eigenvalue weighted by Gasteiger charge is -2.22. The standard InChI is InChI=1S/C12H13N7O.C6H13NOS/c13-10-7(5-17-12(19-10)15-3-4-20)9-6-16-11-8(18-9)1-2-14-11;1-9(8)7-5-3-2-4-6-7/h1-2,5-6,20H,3-4H2,(H,14,16)(H3,13,15,17,19);2-6H2,1H3. The average molecular weight is 419 g/mol. The smallest absolute Gasteiger partial charge is 0.224 e. The Kier molecular flexibility index (Phi) is 7.44. The molecule has 3 aromatic heterocycles. The number of nitrogens with zero attached hydrogens (tertiary/aromatic N) is 5. The molecule has 4 rings (SSSR count). The van der Waals surface area contributed by atoms with Gasteiger partial charge in [-0.15, -0.1) is 0 Å². The Morgan fingerprint density at radius 3 is 2.69 bits per heavy atom. The van der Waals surface area contributed by atoms with Crippen molar-refractivity contribution in [3.05, 3.63) is 24.7 Å². The van der Waals surface area contributed by atoms with E-state index in [1.807, 2.05) is 10.4 Å². The summed E-state index contributed by atoms with van der Waals surface area (Å²) in [4.78, 5) is 19.9. The molecule has 156 valence electrons. The Hall–Kier alpha value is -2.63. The zero-order valence-corrected chi connectivity index (χ0v) is 17.2. The van der Waals surface area contributed by atoms with Crippen molar-refractivity contribution in [1.29, 1.82) is 0 Å². The first kappa shape index (κ1) is 21.1. The third-order valence-corrected chi connectivity index (χ3v) is 5.52. The highest BCUT2D eigenvalue weighted by atomic mass is 32.2. The largest absolute Gasteiger partial charge is 0.395 e. The molecule has 0 saturated carbocycles. The Morgan fingerprint density at radius 1 is 1.24 bits per heavy atom. The summed E-state index contributed by atoms with van der Waals surface area (Å²) in [6.45, 7) is 2.43. The van der Waals surface area contributed by atoms with Crippen molar-refractivity contribution in [2.45, 2.75) is 19.3 Å². The lowest BCUT2D eigenvalue weighted by atomic mass is 10.2. The fraction of sp³-hybridized carbons (Fsp3) is 0.444. The van der Waals surface area contributed by atoms with Crippen LogP contribution in [0.3, 0.4) is 0 Å². The number of hydrogen-bond donors (Lipinski definition) is 4. The summed E-state index contributed by atoms with van der Waals surface area (Å²) < 4.78 is 12.9. The minimum atomic E-state index is -0.719. The molecule has 5 N–H and O–H groups in total. The van der Waals surface area contributed by atoms with E-state index in [1.54, 1.807) is 24.8 Å². The van der Waals surface area contributed by atoms with Gasteiger partial charge in [0, 0.05) is 38.3 Å². The van der Waals surface area contributed by atoms with Crippen LogP contribution in [0.5, 0.6) is 0 Å². The molecule has 1 aliphatic heterocycles. The molecule has 0 radical (unpaired) electrons. The zero-order chi connectivity index (χ0) is 20.6. The zero-order valence-electron chi connectivity index (χ0n) is 16.3. The molecule has 0 spiro atoms. The molecular weight excluding hydrogens is 392 g/mol. The molecule has 0 amide bonds. The molecule has 1 unspecified atom stereocenters. The molecule has 11 heteroatoms.